The lowest BCUT2D eigenvalue weighted by Gasteiger charge is -2.18. The molecule has 1 amide bonds. The lowest BCUT2D eigenvalue weighted by molar-refractivity contribution is -0.128. The molecule has 0 unspecified atom stereocenters. The first-order valence-electron chi connectivity index (χ1n) is 9.99. The van der Waals surface area contributed by atoms with Gasteiger partial charge in [0.05, 0.1) is 13.2 Å². The van der Waals surface area contributed by atoms with E-state index in [0.29, 0.717) is 13.2 Å². The zero-order valence-electron chi connectivity index (χ0n) is 16.9. The summed E-state index contributed by atoms with van der Waals surface area (Å²) in [7, 11) is 1.82. The van der Waals surface area contributed by atoms with E-state index in [1.807, 2.05) is 67.7 Å². The number of benzene rings is 3. The van der Waals surface area contributed by atoms with Crippen LogP contribution in [0, 0.1) is 0 Å². The SMILES string of the molecule is CN(Cc1ccccc1)C(=O)CNc1cccc(OCCCc2ccccc2)c1. The van der Waals surface area contributed by atoms with E-state index >= 15 is 0 Å². The summed E-state index contributed by atoms with van der Waals surface area (Å²) in [6.07, 6.45) is 1.96. The van der Waals surface area contributed by atoms with Crippen molar-refractivity contribution in [1.29, 1.82) is 0 Å². The lowest BCUT2D eigenvalue weighted by atomic mass is 10.1. The quantitative estimate of drug-likeness (QED) is 0.509. The molecule has 3 rings (SSSR count). The molecule has 150 valence electrons. The van der Waals surface area contributed by atoms with Crippen molar-refractivity contribution >= 4 is 11.6 Å². The van der Waals surface area contributed by atoms with Gasteiger partial charge in [0.1, 0.15) is 5.75 Å². The fourth-order valence-electron chi connectivity index (χ4n) is 3.06. The van der Waals surface area contributed by atoms with E-state index in [1.165, 1.54) is 5.56 Å². The first-order valence-corrected chi connectivity index (χ1v) is 9.99. The van der Waals surface area contributed by atoms with Crippen molar-refractivity contribution in [2.24, 2.45) is 0 Å². The van der Waals surface area contributed by atoms with Gasteiger partial charge in [-0.3, -0.25) is 4.79 Å². The smallest absolute Gasteiger partial charge is 0.241 e. The molecule has 3 aromatic carbocycles. The number of amides is 1. The highest BCUT2D eigenvalue weighted by Gasteiger charge is 2.09. The Bertz CT molecular complexity index is 882. The second-order valence-corrected chi connectivity index (χ2v) is 7.05. The van der Waals surface area contributed by atoms with E-state index in [4.69, 9.17) is 4.74 Å². The Hall–Kier alpha value is -3.27. The summed E-state index contributed by atoms with van der Waals surface area (Å²) in [5.74, 6) is 0.858. The Kier molecular flexibility index (Phi) is 7.70. The fraction of sp³-hybridized carbons (Fsp3) is 0.240. The average molecular weight is 389 g/mol. The zero-order valence-corrected chi connectivity index (χ0v) is 16.9. The first kappa shape index (κ1) is 20.5. The summed E-state index contributed by atoms with van der Waals surface area (Å²) in [4.78, 5) is 14.1. The summed E-state index contributed by atoms with van der Waals surface area (Å²) in [5, 5.41) is 3.20. The van der Waals surface area contributed by atoms with E-state index in [-0.39, 0.29) is 12.5 Å². The highest BCUT2D eigenvalue weighted by Crippen LogP contribution is 2.18. The van der Waals surface area contributed by atoms with Crippen molar-refractivity contribution in [1.82, 2.24) is 4.90 Å². The molecule has 0 saturated heterocycles. The number of nitrogens with one attached hydrogen (secondary N) is 1. The van der Waals surface area contributed by atoms with Crippen LogP contribution in [0.1, 0.15) is 17.5 Å². The highest BCUT2D eigenvalue weighted by molar-refractivity contribution is 5.80. The number of carbonyl (C=O) groups is 1. The number of likely N-dealkylation sites (N-methyl/N-ethyl adjacent to an activating group) is 1. The molecule has 1 N–H and O–H groups in total. The van der Waals surface area contributed by atoms with Crippen LogP contribution in [-0.2, 0) is 17.8 Å². The van der Waals surface area contributed by atoms with E-state index in [0.717, 1.165) is 29.8 Å². The second-order valence-electron chi connectivity index (χ2n) is 7.05. The Balaban J connectivity index is 1.41. The molecule has 29 heavy (non-hydrogen) atoms. The van der Waals surface area contributed by atoms with Crippen LogP contribution in [0.3, 0.4) is 0 Å². The van der Waals surface area contributed by atoms with Gasteiger partial charge in [0.25, 0.3) is 0 Å². The van der Waals surface area contributed by atoms with Gasteiger partial charge in [-0.25, -0.2) is 0 Å². The molecule has 0 atom stereocenters. The standard InChI is InChI=1S/C25H28N2O2/c1-27(20-22-12-6-3-7-13-22)25(28)19-26-23-15-8-16-24(18-23)29-17-9-14-21-10-4-2-5-11-21/h2-8,10-13,15-16,18,26H,9,14,17,19-20H2,1H3. The third kappa shape index (κ3) is 7.00. The highest BCUT2D eigenvalue weighted by atomic mass is 16.5. The summed E-state index contributed by atoms with van der Waals surface area (Å²) >= 11 is 0. The Morgan fingerprint density at radius 2 is 1.59 bits per heavy atom. The molecule has 0 aliphatic rings. The number of anilines is 1. The van der Waals surface area contributed by atoms with Crippen LogP contribution in [0.25, 0.3) is 0 Å². The predicted octanol–water partition coefficient (Wildman–Crippen LogP) is 4.77. The van der Waals surface area contributed by atoms with Crippen molar-refractivity contribution in [3.63, 3.8) is 0 Å². The molecule has 4 nitrogen and oxygen atoms in total. The summed E-state index contributed by atoms with van der Waals surface area (Å²) in [6, 6.07) is 28.2. The maximum absolute atomic E-state index is 12.4. The van der Waals surface area contributed by atoms with E-state index in [1.54, 1.807) is 4.90 Å². The van der Waals surface area contributed by atoms with Crippen molar-refractivity contribution in [2.75, 3.05) is 25.5 Å². The Morgan fingerprint density at radius 1 is 0.897 bits per heavy atom. The number of aryl methyl sites for hydroxylation is 1. The molecular weight excluding hydrogens is 360 g/mol. The van der Waals surface area contributed by atoms with Crippen molar-refractivity contribution in [3.8, 4) is 5.75 Å². The summed E-state index contributed by atoms with van der Waals surface area (Å²) in [5.41, 5.74) is 3.32. The number of hydrogen-bond donors (Lipinski definition) is 1. The van der Waals surface area contributed by atoms with Crippen LogP contribution in [0.4, 0.5) is 5.69 Å². The van der Waals surface area contributed by atoms with Crippen LogP contribution in [0.15, 0.2) is 84.9 Å². The molecular formula is C25H28N2O2. The molecule has 0 radical (unpaired) electrons. The normalized spacial score (nSPS) is 10.4. The van der Waals surface area contributed by atoms with E-state index in [9.17, 15) is 4.79 Å². The monoisotopic (exact) mass is 388 g/mol. The van der Waals surface area contributed by atoms with Gasteiger partial charge in [-0.1, -0.05) is 66.7 Å². The second kappa shape index (κ2) is 10.9. The molecule has 4 heteroatoms. The molecule has 3 aromatic rings. The Labute approximate surface area is 173 Å². The van der Waals surface area contributed by atoms with Crippen molar-refractivity contribution in [3.05, 3.63) is 96.1 Å². The van der Waals surface area contributed by atoms with Crippen molar-refractivity contribution in [2.45, 2.75) is 19.4 Å². The first-order chi connectivity index (χ1) is 14.2. The van der Waals surface area contributed by atoms with Gasteiger partial charge in [-0.2, -0.15) is 0 Å². The molecule has 0 aliphatic heterocycles. The zero-order chi connectivity index (χ0) is 20.3. The van der Waals surface area contributed by atoms with Gasteiger partial charge in [0, 0.05) is 25.3 Å². The lowest BCUT2D eigenvalue weighted by Crippen LogP contribution is -2.31. The molecule has 0 aliphatic carbocycles. The van der Waals surface area contributed by atoms with E-state index < -0.39 is 0 Å². The van der Waals surface area contributed by atoms with Gasteiger partial charge in [0.2, 0.25) is 5.91 Å². The number of hydrogen-bond acceptors (Lipinski definition) is 3. The van der Waals surface area contributed by atoms with Gasteiger partial charge in [0.15, 0.2) is 0 Å². The number of ether oxygens (including phenoxy) is 1. The predicted molar refractivity (Wildman–Crippen MR) is 118 cm³/mol. The maximum atomic E-state index is 12.4. The number of carbonyl (C=O) groups excluding carboxylic acids is 1. The topological polar surface area (TPSA) is 41.6 Å². The summed E-state index contributed by atoms with van der Waals surface area (Å²) in [6.45, 7) is 1.52. The number of rotatable bonds is 10. The maximum Gasteiger partial charge on any atom is 0.241 e. The van der Waals surface area contributed by atoms with Gasteiger partial charge < -0.3 is 15.0 Å². The molecule has 0 heterocycles. The number of nitrogens with zero attached hydrogens (tertiary/aromatic N) is 1. The van der Waals surface area contributed by atoms with Crippen LogP contribution in [0.5, 0.6) is 5.75 Å². The van der Waals surface area contributed by atoms with Crippen LogP contribution < -0.4 is 10.1 Å². The molecule has 0 spiro atoms. The van der Waals surface area contributed by atoms with Gasteiger partial charge in [-0.05, 0) is 36.1 Å². The minimum Gasteiger partial charge on any atom is -0.494 e. The Morgan fingerprint density at radius 3 is 2.31 bits per heavy atom. The average Bonchev–Trinajstić information content (AvgIpc) is 2.77. The third-order valence-corrected chi connectivity index (χ3v) is 4.69. The molecule has 0 aromatic heterocycles. The summed E-state index contributed by atoms with van der Waals surface area (Å²) < 4.78 is 5.87. The third-order valence-electron chi connectivity index (χ3n) is 4.69. The van der Waals surface area contributed by atoms with Crippen LogP contribution >= 0.6 is 0 Å². The largest absolute Gasteiger partial charge is 0.494 e. The molecule has 0 fully saturated rings. The van der Waals surface area contributed by atoms with Gasteiger partial charge >= 0.3 is 0 Å². The van der Waals surface area contributed by atoms with E-state index in [2.05, 4.69) is 29.6 Å². The minimum atomic E-state index is 0.0445. The van der Waals surface area contributed by atoms with Crippen LogP contribution in [-0.4, -0.2) is 31.0 Å². The minimum absolute atomic E-state index is 0.0445. The van der Waals surface area contributed by atoms with Crippen LogP contribution in [0.2, 0.25) is 0 Å². The van der Waals surface area contributed by atoms with Crippen molar-refractivity contribution < 1.29 is 9.53 Å². The molecule has 0 saturated carbocycles. The molecule has 0 bridgehead atoms. The van der Waals surface area contributed by atoms with Gasteiger partial charge in [-0.15, -0.1) is 0 Å². The fourth-order valence-corrected chi connectivity index (χ4v) is 3.06.